The van der Waals surface area contributed by atoms with Crippen molar-refractivity contribution in [3.8, 4) is 0 Å². The van der Waals surface area contributed by atoms with Crippen LogP contribution in [0.25, 0.3) is 6.08 Å². The maximum absolute atomic E-state index is 5.72. The van der Waals surface area contributed by atoms with Gasteiger partial charge in [0.2, 0.25) is 0 Å². The molecule has 0 heterocycles. The molecule has 0 unspecified atom stereocenters. The van der Waals surface area contributed by atoms with Crippen LogP contribution in [0.4, 0.5) is 0 Å². The first kappa shape index (κ1) is 10.7. The molecule has 0 aliphatic rings. The lowest BCUT2D eigenvalue weighted by molar-refractivity contribution is 1.26. The van der Waals surface area contributed by atoms with E-state index in [0.717, 1.165) is 17.7 Å². The van der Waals surface area contributed by atoms with Gasteiger partial charge in [-0.3, -0.25) is 0 Å². The minimum atomic E-state index is 0.578. The smallest absolute Gasteiger partial charge is 0.0474 e. The Balaban J connectivity index is 2.66. The van der Waals surface area contributed by atoms with E-state index >= 15 is 0 Å². The molecule has 0 atom stereocenters. The molecule has 13 heavy (non-hydrogen) atoms. The first-order chi connectivity index (χ1) is 6.36. The first-order valence-corrected chi connectivity index (χ1v) is 5.46. The van der Waals surface area contributed by atoms with Crippen LogP contribution in [0.2, 0.25) is 0 Å². The molecular weight excluding hydrogens is 200 g/mol. The molecule has 1 aromatic rings. The Morgan fingerprint density at radius 3 is 2.92 bits per heavy atom. The Hall–Kier alpha value is -0.400. The Morgan fingerprint density at radius 2 is 2.23 bits per heavy atom. The number of benzene rings is 1. The van der Waals surface area contributed by atoms with Gasteiger partial charge in [0, 0.05) is 5.88 Å². The van der Waals surface area contributed by atoms with Gasteiger partial charge in [-0.25, -0.2) is 0 Å². The SMILES string of the molecule is SCCC=Cc1cccc(CCl)c1. The summed E-state index contributed by atoms with van der Waals surface area (Å²) in [6.07, 6.45) is 5.24. The lowest BCUT2D eigenvalue weighted by atomic mass is 10.1. The number of halogens is 1. The average Bonchev–Trinajstić information content (AvgIpc) is 2.19. The fourth-order valence-corrected chi connectivity index (χ4v) is 1.39. The summed E-state index contributed by atoms with van der Waals surface area (Å²) in [7, 11) is 0. The average molecular weight is 213 g/mol. The van der Waals surface area contributed by atoms with Crippen molar-refractivity contribution in [1.29, 1.82) is 0 Å². The molecule has 1 rings (SSSR count). The number of hydrogen-bond acceptors (Lipinski definition) is 1. The molecular formula is C11H13ClS. The second kappa shape index (κ2) is 6.11. The summed E-state index contributed by atoms with van der Waals surface area (Å²) in [5, 5.41) is 0. The highest BCUT2D eigenvalue weighted by Gasteiger charge is 1.90. The van der Waals surface area contributed by atoms with Gasteiger partial charge in [0.15, 0.2) is 0 Å². The molecule has 1 aromatic carbocycles. The van der Waals surface area contributed by atoms with E-state index in [4.69, 9.17) is 11.6 Å². The number of allylic oxidation sites excluding steroid dienone is 1. The number of alkyl halides is 1. The monoisotopic (exact) mass is 212 g/mol. The van der Waals surface area contributed by atoms with Gasteiger partial charge in [-0.2, -0.15) is 12.6 Å². The molecule has 0 bridgehead atoms. The third kappa shape index (κ3) is 3.88. The Morgan fingerprint density at radius 1 is 1.38 bits per heavy atom. The van der Waals surface area contributed by atoms with Crippen LogP contribution >= 0.6 is 24.2 Å². The third-order valence-electron chi connectivity index (χ3n) is 1.71. The van der Waals surface area contributed by atoms with E-state index in [0.29, 0.717) is 5.88 Å². The van der Waals surface area contributed by atoms with Gasteiger partial charge in [-0.1, -0.05) is 36.4 Å². The predicted molar refractivity (Wildman–Crippen MR) is 63.5 cm³/mol. The molecule has 0 amide bonds. The van der Waals surface area contributed by atoms with Gasteiger partial charge in [0.25, 0.3) is 0 Å². The molecule has 0 saturated heterocycles. The third-order valence-corrected chi connectivity index (χ3v) is 2.28. The number of thiol groups is 1. The highest BCUT2D eigenvalue weighted by molar-refractivity contribution is 7.80. The maximum Gasteiger partial charge on any atom is 0.0474 e. The summed E-state index contributed by atoms with van der Waals surface area (Å²) in [6, 6.07) is 8.23. The number of rotatable bonds is 4. The molecule has 0 radical (unpaired) electrons. The summed E-state index contributed by atoms with van der Waals surface area (Å²) in [4.78, 5) is 0. The van der Waals surface area contributed by atoms with Crippen molar-refractivity contribution in [1.82, 2.24) is 0 Å². The van der Waals surface area contributed by atoms with Crippen LogP contribution in [0.5, 0.6) is 0 Å². The molecule has 0 aliphatic carbocycles. The van der Waals surface area contributed by atoms with E-state index in [1.165, 1.54) is 5.56 Å². The quantitative estimate of drug-likeness (QED) is 0.570. The summed E-state index contributed by atoms with van der Waals surface area (Å²) in [5.41, 5.74) is 2.37. The second-order valence-electron chi connectivity index (χ2n) is 2.79. The molecule has 2 heteroatoms. The standard InChI is InChI=1S/C11H13ClS/c12-9-11-6-3-5-10(8-11)4-1-2-7-13/h1,3-6,8,13H,2,7,9H2. The molecule has 0 aromatic heterocycles. The summed E-state index contributed by atoms with van der Waals surface area (Å²) >= 11 is 9.86. The zero-order valence-corrected chi connectivity index (χ0v) is 9.06. The molecule has 0 fully saturated rings. The lowest BCUT2D eigenvalue weighted by Gasteiger charge is -1.96. The van der Waals surface area contributed by atoms with Crippen molar-refractivity contribution in [3.63, 3.8) is 0 Å². The van der Waals surface area contributed by atoms with Gasteiger partial charge in [0.1, 0.15) is 0 Å². The molecule has 0 aliphatic heterocycles. The van der Waals surface area contributed by atoms with E-state index in [9.17, 15) is 0 Å². The molecule has 0 N–H and O–H groups in total. The van der Waals surface area contributed by atoms with Crippen LogP contribution in [-0.2, 0) is 5.88 Å². The molecule has 0 spiro atoms. The fraction of sp³-hybridized carbons (Fsp3) is 0.273. The molecule has 70 valence electrons. The van der Waals surface area contributed by atoms with Crippen molar-refractivity contribution in [3.05, 3.63) is 41.5 Å². The topological polar surface area (TPSA) is 0 Å². The fourth-order valence-electron chi connectivity index (χ4n) is 1.07. The summed E-state index contributed by atoms with van der Waals surface area (Å²) in [6.45, 7) is 0. The van der Waals surface area contributed by atoms with Crippen LogP contribution in [-0.4, -0.2) is 5.75 Å². The van der Waals surface area contributed by atoms with Crippen LogP contribution in [0.3, 0.4) is 0 Å². The first-order valence-electron chi connectivity index (χ1n) is 4.29. The Kier molecular flexibility index (Phi) is 5.02. The van der Waals surface area contributed by atoms with Crippen molar-refractivity contribution in [2.24, 2.45) is 0 Å². The second-order valence-corrected chi connectivity index (χ2v) is 3.51. The van der Waals surface area contributed by atoms with Crippen LogP contribution < -0.4 is 0 Å². The van der Waals surface area contributed by atoms with Gasteiger partial charge < -0.3 is 0 Å². The number of hydrogen-bond donors (Lipinski definition) is 1. The molecule has 0 saturated carbocycles. The highest BCUT2D eigenvalue weighted by atomic mass is 35.5. The molecule has 0 nitrogen and oxygen atoms in total. The van der Waals surface area contributed by atoms with Crippen LogP contribution in [0.15, 0.2) is 30.3 Å². The van der Waals surface area contributed by atoms with E-state index in [2.05, 4.69) is 36.9 Å². The van der Waals surface area contributed by atoms with Crippen molar-refractivity contribution in [2.45, 2.75) is 12.3 Å². The van der Waals surface area contributed by atoms with Crippen molar-refractivity contribution >= 4 is 30.3 Å². The van der Waals surface area contributed by atoms with Gasteiger partial charge >= 0.3 is 0 Å². The largest absolute Gasteiger partial charge is 0.179 e. The van der Waals surface area contributed by atoms with E-state index in [1.807, 2.05) is 12.1 Å². The summed E-state index contributed by atoms with van der Waals surface area (Å²) < 4.78 is 0. The van der Waals surface area contributed by atoms with Crippen LogP contribution in [0, 0.1) is 0 Å². The van der Waals surface area contributed by atoms with Crippen molar-refractivity contribution < 1.29 is 0 Å². The maximum atomic E-state index is 5.72. The van der Waals surface area contributed by atoms with E-state index in [1.54, 1.807) is 0 Å². The van der Waals surface area contributed by atoms with Crippen LogP contribution in [0.1, 0.15) is 17.5 Å². The Bertz CT molecular complexity index is 281. The predicted octanol–water partition coefficient (Wildman–Crippen LogP) is 3.76. The highest BCUT2D eigenvalue weighted by Crippen LogP contribution is 2.09. The minimum Gasteiger partial charge on any atom is -0.179 e. The normalized spacial score (nSPS) is 10.9. The van der Waals surface area contributed by atoms with Gasteiger partial charge in [-0.15, -0.1) is 11.6 Å². The summed E-state index contributed by atoms with van der Waals surface area (Å²) in [5.74, 6) is 1.47. The van der Waals surface area contributed by atoms with Crippen molar-refractivity contribution in [2.75, 3.05) is 5.75 Å². The Labute approximate surface area is 90.0 Å². The lowest BCUT2D eigenvalue weighted by Crippen LogP contribution is -1.78. The zero-order valence-electron chi connectivity index (χ0n) is 7.41. The van der Waals surface area contributed by atoms with E-state index < -0.39 is 0 Å². The van der Waals surface area contributed by atoms with Gasteiger partial charge in [0.05, 0.1) is 0 Å². The minimum absolute atomic E-state index is 0.578. The van der Waals surface area contributed by atoms with E-state index in [-0.39, 0.29) is 0 Å². The zero-order chi connectivity index (χ0) is 9.52. The van der Waals surface area contributed by atoms with Gasteiger partial charge in [-0.05, 0) is 23.3 Å².